The summed E-state index contributed by atoms with van der Waals surface area (Å²) in [6.45, 7) is 8.19. The highest BCUT2D eigenvalue weighted by Crippen LogP contribution is 2.21. The number of piperidine rings is 1. The molecule has 0 aliphatic carbocycles. The van der Waals surface area contributed by atoms with E-state index in [0.717, 1.165) is 51.1 Å². The third-order valence-electron chi connectivity index (χ3n) is 5.60. The van der Waals surface area contributed by atoms with Crippen molar-refractivity contribution in [2.45, 2.75) is 26.2 Å². The fraction of sp³-hybridized carbons (Fsp3) is 0.600. The fourth-order valence-corrected chi connectivity index (χ4v) is 3.93. The van der Waals surface area contributed by atoms with Crippen molar-refractivity contribution >= 4 is 23.4 Å². The second-order valence-electron chi connectivity index (χ2n) is 7.22. The lowest BCUT2D eigenvalue weighted by atomic mass is 9.94. The second kappa shape index (κ2) is 8.87. The average Bonchev–Trinajstić information content (AvgIpc) is 2.69. The first-order chi connectivity index (χ1) is 12.6. The molecule has 1 aromatic carbocycles. The minimum Gasteiger partial charge on any atom is -0.342 e. The van der Waals surface area contributed by atoms with Crippen LogP contribution in [0.1, 0.15) is 25.3 Å². The number of likely N-dealkylation sites (N-methyl/N-ethyl adjacent to an activating group) is 1. The van der Waals surface area contributed by atoms with Crippen molar-refractivity contribution in [3.8, 4) is 0 Å². The van der Waals surface area contributed by atoms with Gasteiger partial charge in [-0.05, 0) is 37.1 Å². The zero-order valence-electron chi connectivity index (χ0n) is 15.5. The van der Waals surface area contributed by atoms with Crippen LogP contribution in [0.5, 0.6) is 0 Å². The summed E-state index contributed by atoms with van der Waals surface area (Å²) in [5.41, 5.74) is 0.978. The van der Waals surface area contributed by atoms with Crippen LogP contribution in [-0.2, 0) is 16.0 Å². The Balaban J connectivity index is 1.45. The van der Waals surface area contributed by atoms with Crippen molar-refractivity contribution in [3.05, 3.63) is 34.9 Å². The Hall–Kier alpha value is -1.59. The summed E-state index contributed by atoms with van der Waals surface area (Å²) in [6.07, 6.45) is 1.95. The molecule has 3 rings (SSSR count). The number of benzene rings is 1. The van der Waals surface area contributed by atoms with Gasteiger partial charge in [-0.2, -0.15) is 0 Å². The van der Waals surface area contributed by atoms with E-state index in [1.165, 1.54) is 0 Å². The quantitative estimate of drug-likeness (QED) is 0.808. The molecule has 2 fully saturated rings. The third kappa shape index (κ3) is 4.77. The highest BCUT2D eigenvalue weighted by Gasteiger charge is 2.31. The van der Waals surface area contributed by atoms with Gasteiger partial charge in [0.2, 0.25) is 11.8 Å². The average molecular weight is 378 g/mol. The Morgan fingerprint density at radius 3 is 2.15 bits per heavy atom. The summed E-state index contributed by atoms with van der Waals surface area (Å²) in [4.78, 5) is 31.5. The molecule has 2 aliphatic rings. The largest absolute Gasteiger partial charge is 0.342 e. The standard InChI is InChI=1S/C20H28ClN3O2/c1-2-22-11-13-24(14-12-22)20(26)17-7-9-23(10-8-17)19(25)15-16-3-5-18(21)6-4-16/h3-6,17H,2,7-15H2,1H3. The van der Waals surface area contributed by atoms with E-state index in [-0.39, 0.29) is 17.7 Å². The minimum atomic E-state index is 0.0720. The Morgan fingerprint density at radius 1 is 0.962 bits per heavy atom. The number of rotatable bonds is 4. The van der Waals surface area contributed by atoms with Gasteiger partial charge in [0.05, 0.1) is 6.42 Å². The van der Waals surface area contributed by atoms with E-state index in [1.54, 1.807) is 0 Å². The van der Waals surface area contributed by atoms with Crippen molar-refractivity contribution in [2.75, 3.05) is 45.8 Å². The molecule has 0 aromatic heterocycles. The zero-order chi connectivity index (χ0) is 18.5. The second-order valence-corrected chi connectivity index (χ2v) is 7.65. The molecular formula is C20H28ClN3O2. The van der Waals surface area contributed by atoms with Crippen LogP contribution in [0.3, 0.4) is 0 Å². The molecule has 2 saturated heterocycles. The minimum absolute atomic E-state index is 0.0720. The number of nitrogens with zero attached hydrogens (tertiary/aromatic N) is 3. The van der Waals surface area contributed by atoms with Crippen LogP contribution in [0, 0.1) is 5.92 Å². The molecule has 1 aromatic rings. The van der Waals surface area contributed by atoms with Crippen molar-refractivity contribution < 1.29 is 9.59 Å². The molecule has 0 N–H and O–H groups in total. The lowest BCUT2D eigenvalue weighted by Crippen LogP contribution is -2.51. The maximum atomic E-state index is 12.7. The Morgan fingerprint density at radius 2 is 1.58 bits per heavy atom. The summed E-state index contributed by atoms with van der Waals surface area (Å²) < 4.78 is 0. The molecule has 142 valence electrons. The van der Waals surface area contributed by atoms with Crippen LogP contribution < -0.4 is 0 Å². The molecule has 2 amide bonds. The number of hydrogen-bond donors (Lipinski definition) is 0. The number of halogens is 1. The maximum Gasteiger partial charge on any atom is 0.226 e. The van der Waals surface area contributed by atoms with Crippen LogP contribution >= 0.6 is 11.6 Å². The van der Waals surface area contributed by atoms with E-state index in [4.69, 9.17) is 11.6 Å². The van der Waals surface area contributed by atoms with Crippen molar-refractivity contribution in [1.82, 2.24) is 14.7 Å². The van der Waals surface area contributed by atoms with Gasteiger partial charge in [-0.3, -0.25) is 9.59 Å². The van der Waals surface area contributed by atoms with Gasteiger partial charge < -0.3 is 14.7 Å². The molecule has 2 heterocycles. The number of carbonyl (C=O) groups excluding carboxylic acids is 2. The number of amides is 2. The van der Waals surface area contributed by atoms with Gasteiger partial charge in [-0.1, -0.05) is 30.7 Å². The van der Waals surface area contributed by atoms with Crippen molar-refractivity contribution in [2.24, 2.45) is 5.92 Å². The normalized spacial score (nSPS) is 19.6. The van der Waals surface area contributed by atoms with Gasteiger partial charge in [0.15, 0.2) is 0 Å². The van der Waals surface area contributed by atoms with Crippen molar-refractivity contribution in [1.29, 1.82) is 0 Å². The van der Waals surface area contributed by atoms with E-state index in [1.807, 2.05) is 34.1 Å². The molecule has 0 bridgehead atoms. The topological polar surface area (TPSA) is 43.9 Å². The van der Waals surface area contributed by atoms with E-state index in [9.17, 15) is 9.59 Å². The lowest BCUT2D eigenvalue weighted by molar-refractivity contribution is -0.141. The highest BCUT2D eigenvalue weighted by atomic mass is 35.5. The zero-order valence-corrected chi connectivity index (χ0v) is 16.2. The fourth-order valence-electron chi connectivity index (χ4n) is 3.81. The van der Waals surface area contributed by atoms with Crippen LogP contribution in [0.15, 0.2) is 24.3 Å². The van der Waals surface area contributed by atoms with Crippen LogP contribution in [0.2, 0.25) is 5.02 Å². The van der Waals surface area contributed by atoms with E-state index in [0.29, 0.717) is 24.5 Å². The Kier molecular flexibility index (Phi) is 6.54. The summed E-state index contributed by atoms with van der Waals surface area (Å²) >= 11 is 5.89. The van der Waals surface area contributed by atoms with Crippen LogP contribution in [0.4, 0.5) is 0 Å². The molecule has 0 spiro atoms. The van der Waals surface area contributed by atoms with Gasteiger partial charge in [-0.15, -0.1) is 0 Å². The molecule has 2 aliphatic heterocycles. The van der Waals surface area contributed by atoms with Crippen LogP contribution in [-0.4, -0.2) is 72.3 Å². The van der Waals surface area contributed by atoms with Crippen LogP contribution in [0.25, 0.3) is 0 Å². The predicted molar refractivity (Wildman–Crippen MR) is 103 cm³/mol. The summed E-state index contributed by atoms with van der Waals surface area (Å²) in [5.74, 6) is 0.489. The molecular weight excluding hydrogens is 350 g/mol. The van der Waals surface area contributed by atoms with E-state index >= 15 is 0 Å². The number of carbonyl (C=O) groups is 2. The molecule has 0 atom stereocenters. The predicted octanol–water partition coefficient (Wildman–Crippen LogP) is 2.29. The third-order valence-corrected chi connectivity index (χ3v) is 5.85. The highest BCUT2D eigenvalue weighted by molar-refractivity contribution is 6.30. The Bertz CT molecular complexity index is 618. The van der Waals surface area contributed by atoms with E-state index in [2.05, 4.69) is 11.8 Å². The number of likely N-dealkylation sites (tertiary alicyclic amines) is 1. The molecule has 0 unspecified atom stereocenters. The molecule has 0 saturated carbocycles. The number of hydrogen-bond acceptors (Lipinski definition) is 3. The SMILES string of the molecule is CCN1CCN(C(=O)C2CCN(C(=O)Cc3ccc(Cl)cc3)CC2)CC1. The molecule has 0 radical (unpaired) electrons. The molecule has 6 heteroatoms. The molecule has 5 nitrogen and oxygen atoms in total. The van der Waals surface area contributed by atoms with Gasteiger partial charge in [0, 0.05) is 50.2 Å². The monoisotopic (exact) mass is 377 g/mol. The lowest BCUT2D eigenvalue weighted by Gasteiger charge is -2.38. The first-order valence-electron chi connectivity index (χ1n) is 9.60. The first-order valence-corrected chi connectivity index (χ1v) is 9.98. The maximum absolute atomic E-state index is 12.7. The van der Waals surface area contributed by atoms with Gasteiger partial charge in [-0.25, -0.2) is 0 Å². The summed E-state index contributed by atoms with van der Waals surface area (Å²) in [7, 11) is 0. The molecule has 26 heavy (non-hydrogen) atoms. The number of piperazine rings is 1. The Labute approximate surface area is 160 Å². The van der Waals surface area contributed by atoms with Gasteiger partial charge >= 0.3 is 0 Å². The summed E-state index contributed by atoms with van der Waals surface area (Å²) in [5, 5.41) is 0.681. The van der Waals surface area contributed by atoms with Gasteiger partial charge in [0.1, 0.15) is 0 Å². The van der Waals surface area contributed by atoms with Crippen molar-refractivity contribution in [3.63, 3.8) is 0 Å². The first kappa shape index (κ1) is 19.2. The smallest absolute Gasteiger partial charge is 0.226 e. The van der Waals surface area contributed by atoms with Gasteiger partial charge in [0.25, 0.3) is 0 Å². The van der Waals surface area contributed by atoms with E-state index < -0.39 is 0 Å². The summed E-state index contributed by atoms with van der Waals surface area (Å²) in [6, 6.07) is 7.42.